The molecule has 0 saturated heterocycles. The Kier molecular flexibility index (Phi) is 14.9. The zero-order valence-electron chi connectivity index (χ0n) is 13.0. The first-order valence-electron chi connectivity index (χ1n) is 8.16. The molecule has 0 heterocycles. The molecule has 0 amide bonds. The van der Waals surface area contributed by atoms with Crippen molar-refractivity contribution in [3.05, 3.63) is 0 Å². The molecule has 18 heavy (non-hydrogen) atoms. The summed E-state index contributed by atoms with van der Waals surface area (Å²) in [6.45, 7) is 9.68. The maximum absolute atomic E-state index is 5.69. The summed E-state index contributed by atoms with van der Waals surface area (Å²) < 4.78 is 5.69. The highest BCUT2D eigenvalue weighted by molar-refractivity contribution is 4.63. The van der Waals surface area contributed by atoms with E-state index in [1.54, 1.807) is 0 Å². The van der Waals surface area contributed by atoms with E-state index in [0.717, 1.165) is 19.8 Å². The van der Waals surface area contributed by atoms with Gasteiger partial charge >= 0.3 is 0 Å². The van der Waals surface area contributed by atoms with Crippen molar-refractivity contribution in [1.29, 1.82) is 0 Å². The standard InChI is InChI=1S/C16H35NO/c1-4-7-8-9-10-11-14-18-15-12-13-16(5-2)17-6-3/h16-17H,4-15H2,1-3H3. The molecule has 1 atom stereocenters. The van der Waals surface area contributed by atoms with E-state index in [2.05, 4.69) is 26.1 Å². The predicted octanol–water partition coefficient (Wildman–Crippen LogP) is 4.53. The fourth-order valence-electron chi connectivity index (χ4n) is 2.26. The molecule has 0 aromatic rings. The highest BCUT2D eigenvalue weighted by Crippen LogP contribution is 2.06. The van der Waals surface area contributed by atoms with Crippen LogP contribution in [-0.4, -0.2) is 25.8 Å². The van der Waals surface area contributed by atoms with E-state index in [-0.39, 0.29) is 0 Å². The Labute approximate surface area is 115 Å². The Balaban J connectivity index is 3.10. The second kappa shape index (κ2) is 15.0. The van der Waals surface area contributed by atoms with E-state index >= 15 is 0 Å². The van der Waals surface area contributed by atoms with E-state index in [0.29, 0.717) is 6.04 Å². The SMILES string of the molecule is CCCCCCCCOCCCC(CC)NCC. The molecule has 1 N–H and O–H groups in total. The largest absolute Gasteiger partial charge is 0.381 e. The lowest BCUT2D eigenvalue weighted by molar-refractivity contribution is 0.124. The van der Waals surface area contributed by atoms with E-state index in [4.69, 9.17) is 4.74 Å². The Hall–Kier alpha value is -0.0800. The molecule has 0 radical (unpaired) electrons. The molecule has 0 aliphatic rings. The van der Waals surface area contributed by atoms with Crippen LogP contribution in [0.5, 0.6) is 0 Å². The average Bonchev–Trinajstić information content (AvgIpc) is 2.39. The van der Waals surface area contributed by atoms with Gasteiger partial charge in [0.05, 0.1) is 0 Å². The van der Waals surface area contributed by atoms with Crippen LogP contribution >= 0.6 is 0 Å². The van der Waals surface area contributed by atoms with Crippen LogP contribution < -0.4 is 5.32 Å². The lowest BCUT2D eigenvalue weighted by Crippen LogP contribution is -2.28. The van der Waals surface area contributed by atoms with Crippen molar-refractivity contribution in [2.45, 2.75) is 84.6 Å². The van der Waals surface area contributed by atoms with Gasteiger partial charge in [-0.3, -0.25) is 0 Å². The van der Waals surface area contributed by atoms with E-state index in [1.807, 2.05) is 0 Å². The fraction of sp³-hybridized carbons (Fsp3) is 1.00. The average molecular weight is 257 g/mol. The topological polar surface area (TPSA) is 21.3 Å². The summed E-state index contributed by atoms with van der Waals surface area (Å²) >= 11 is 0. The monoisotopic (exact) mass is 257 g/mol. The van der Waals surface area contributed by atoms with Crippen molar-refractivity contribution in [2.75, 3.05) is 19.8 Å². The molecular formula is C16H35NO. The van der Waals surface area contributed by atoms with Crippen molar-refractivity contribution in [3.63, 3.8) is 0 Å². The van der Waals surface area contributed by atoms with Gasteiger partial charge in [0.1, 0.15) is 0 Å². The molecule has 0 saturated carbocycles. The highest BCUT2D eigenvalue weighted by Gasteiger charge is 2.02. The molecular weight excluding hydrogens is 222 g/mol. The summed E-state index contributed by atoms with van der Waals surface area (Å²) in [6, 6.07) is 0.688. The lowest BCUT2D eigenvalue weighted by atomic mass is 10.1. The summed E-state index contributed by atoms with van der Waals surface area (Å²) in [5.74, 6) is 0. The van der Waals surface area contributed by atoms with Gasteiger partial charge in [0, 0.05) is 19.3 Å². The third kappa shape index (κ3) is 12.4. The van der Waals surface area contributed by atoms with Crippen LogP contribution in [0, 0.1) is 0 Å². The first-order chi connectivity index (χ1) is 8.85. The van der Waals surface area contributed by atoms with Crippen LogP contribution in [0.3, 0.4) is 0 Å². The van der Waals surface area contributed by atoms with E-state index in [9.17, 15) is 0 Å². The number of rotatable bonds is 14. The van der Waals surface area contributed by atoms with Crippen molar-refractivity contribution in [2.24, 2.45) is 0 Å². The van der Waals surface area contributed by atoms with Gasteiger partial charge in [-0.05, 0) is 32.2 Å². The second-order valence-electron chi connectivity index (χ2n) is 5.19. The Morgan fingerprint density at radius 1 is 0.833 bits per heavy atom. The van der Waals surface area contributed by atoms with Gasteiger partial charge in [-0.2, -0.15) is 0 Å². The third-order valence-corrected chi connectivity index (χ3v) is 3.47. The molecule has 0 fully saturated rings. The van der Waals surface area contributed by atoms with Gasteiger partial charge in [0.25, 0.3) is 0 Å². The second-order valence-corrected chi connectivity index (χ2v) is 5.19. The Morgan fingerprint density at radius 3 is 2.17 bits per heavy atom. The van der Waals surface area contributed by atoms with Gasteiger partial charge in [-0.25, -0.2) is 0 Å². The molecule has 0 bridgehead atoms. The van der Waals surface area contributed by atoms with Gasteiger partial charge in [0.15, 0.2) is 0 Å². The lowest BCUT2D eigenvalue weighted by Gasteiger charge is -2.15. The minimum Gasteiger partial charge on any atom is -0.381 e. The summed E-state index contributed by atoms with van der Waals surface area (Å²) in [5, 5.41) is 3.51. The van der Waals surface area contributed by atoms with Gasteiger partial charge in [0.2, 0.25) is 0 Å². The van der Waals surface area contributed by atoms with Crippen LogP contribution in [0.2, 0.25) is 0 Å². The van der Waals surface area contributed by atoms with Crippen LogP contribution in [0.1, 0.15) is 78.6 Å². The van der Waals surface area contributed by atoms with E-state index in [1.165, 1.54) is 57.8 Å². The first-order valence-corrected chi connectivity index (χ1v) is 8.16. The van der Waals surface area contributed by atoms with Gasteiger partial charge in [-0.15, -0.1) is 0 Å². The zero-order valence-corrected chi connectivity index (χ0v) is 13.0. The Bertz CT molecular complexity index is 150. The zero-order chi connectivity index (χ0) is 13.5. The van der Waals surface area contributed by atoms with Crippen molar-refractivity contribution in [1.82, 2.24) is 5.32 Å². The molecule has 0 aromatic heterocycles. The molecule has 2 nitrogen and oxygen atoms in total. The first kappa shape index (κ1) is 17.9. The minimum atomic E-state index is 0.688. The maximum Gasteiger partial charge on any atom is 0.0466 e. The molecule has 0 aliphatic heterocycles. The number of nitrogens with one attached hydrogen (secondary N) is 1. The molecule has 2 heteroatoms. The maximum atomic E-state index is 5.69. The number of hydrogen-bond acceptors (Lipinski definition) is 2. The van der Waals surface area contributed by atoms with Crippen molar-refractivity contribution in [3.8, 4) is 0 Å². The smallest absolute Gasteiger partial charge is 0.0466 e. The minimum absolute atomic E-state index is 0.688. The van der Waals surface area contributed by atoms with E-state index < -0.39 is 0 Å². The summed E-state index contributed by atoms with van der Waals surface area (Å²) in [6.07, 6.45) is 11.8. The molecule has 1 unspecified atom stereocenters. The van der Waals surface area contributed by atoms with Crippen LogP contribution in [0.15, 0.2) is 0 Å². The Morgan fingerprint density at radius 2 is 1.50 bits per heavy atom. The van der Waals surface area contributed by atoms with Crippen LogP contribution in [-0.2, 0) is 4.74 Å². The summed E-state index contributed by atoms with van der Waals surface area (Å²) in [5.41, 5.74) is 0. The fourth-order valence-corrected chi connectivity index (χ4v) is 2.26. The van der Waals surface area contributed by atoms with Crippen LogP contribution in [0.25, 0.3) is 0 Å². The normalized spacial score (nSPS) is 12.8. The van der Waals surface area contributed by atoms with Crippen LogP contribution in [0.4, 0.5) is 0 Å². The van der Waals surface area contributed by atoms with Crippen molar-refractivity contribution < 1.29 is 4.74 Å². The molecule has 0 aromatic carbocycles. The van der Waals surface area contributed by atoms with Gasteiger partial charge in [-0.1, -0.05) is 52.9 Å². The quantitative estimate of drug-likeness (QED) is 0.462. The van der Waals surface area contributed by atoms with Crippen molar-refractivity contribution >= 4 is 0 Å². The molecule has 110 valence electrons. The number of hydrogen-bond donors (Lipinski definition) is 1. The third-order valence-electron chi connectivity index (χ3n) is 3.47. The highest BCUT2D eigenvalue weighted by atomic mass is 16.5. The predicted molar refractivity (Wildman–Crippen MR) is 81.2 cm³/mol. The number of unbranched alkanes of at least 4 members (excludes halogenated alkanes) is 5. The molecule has 0 aliphatic carbocycles. The summed E-state index contributed by atoms with van der Waals surface area (Å²) in [7, 11) is 0. The molecule has 0 rings (SSSR count). The molecule has 0 spiro atoms. The summed E-state index contributed by atoms with van der Waals surface area (Å²) in [4.78, 5) is 0. The number of ether oxygens (including phenoxy) is 1. The van der Waals surface area contributed by atoms with Gasteiger partial charge < -0.3 is 10.1 Å².